The summed E-state index contributed by atoms with van der Waals surface area (Å²) >= 11 is 0. The lowest BCUT2D eigenvalue weighted by Gasteiger charge is -2.31. The highest BCUT2D eigenvalue weighted by Gasteiger charge is 2.62. The van der Waals surface area contributed by atoms with Gasteiger partial charge in [-0.1, -0.05) is 6.92 Å². The number of carbonyl (C=O) groups excluding carboxylic acids is 2. The molecule has 76 valence electrons. The van der Waals surface area contributed by atoms with Crippen molar-refractivity contribution < 1.29 is 14.3 Å². The molecule has 0 aromatic carbocycles. The number of rotatable bonds is 0. The molecule has 0 radical (unpaired) electrons. The third-order valence-corrected chi connectivity index (χ3v) is 4.53. The van der Waals surface area contributed by atoms with Gasteiger partial charge in [-0.15, -0.1) is 0 Å². The number of ether oxygens (including phenoxy) is 1. The van der Waals surface area contributed by atoms with Crippen molar-refractivity contribution in [2.45, 2.75) is 32.6 Å². The van der Waals surface area contributed by atoms with Crippen LogP contribution >= 0.6 is 0 Å². The summed E-state index contributed by atoms with van der Waals surface area (Å²) in [5.74, 6) is 1.26. The monoisotopic (exact) mass is 194 g/mol. The molecule has 1 saturated heterocycles. The average molecular weight is 194 g/mol. The van der Waals surface area contributed by atoms with Crippen molar-refractivity contribution in [3.8, 4) is 0 Å². The lowest BCUT2D eigenvalue weighted by molar-refractivity contribution is -0.156. The van der Waals surface area contributed by atoms with E-state index < -0.39 is 5.41 Å². The first-order valence-corrected chi connectivity index (χ1v) is 5.37. The lowest BCUT2D eigenvalue weighted by atomic mass is 9.69. The first-order chi connectivity index (χ1) is 6.62. The summed E-state index contributed by atoms with van der Waals surface area (Å²) in [6.45, 7) is 2.25. The smallest absolute Gasteiger partial charge is 0.320 e. The quantitative estimate of drug-likeness (QED) is 0.433. The molecule has 3 aliphatic rings. The molecule has 1 heterocycles. The van der Waals surface area contributed by atoms with Crippen LogP contribution in [0.3, 0.4) is 0 Å². The molecule has 2 aliphatic carbocycles. The second-order valence-corrected chi connectivity index (χ2v) is 5.20. The van der Waals surface area contributed by atoms with Crippen molar-refractivity contribution in [3.63, 3.8) is 0 Å². The number of fused-ring (bicyclic) bond motifs is 3. The summed E-state index contributed by atoms with van der Waals surface area (Å²) in [5.41, 5.74) is -0.395. The van der Waals surface area contributed by atoms with Gasteiger partial charge in [-0.3, -0.25) is 9.59 Å². The van der Waals surface area contributed by atoms with Crippen LogP contribution in [0.25, 0.3) is 0 Å². The number of hydrogen-bond donors (Lipinski definition) is 0. The van der Waals surface area contributed by atoms with Crippen molar-refractivity contribution in [3.05, 3.63) is 0 Å². The van der Waals surface area contributed by atoms with E-state index in [1.54, 1.807) is 0 Å². The Balaban J connectivity index is 1.94. The SMILES string of the molecule is CC1CC2CC1CC21CC(=O)OC1=O. The Morgan fingerprint density at radius 1 is 1.36 bits per heavy atom. The van der Waals surface area contributed by atoms with E-state index in [1.807, 2.05) is 0 Å². The molecule has 4 unspecified atom stereocenters. The van der Waals surface area contributed by atoms with Crippen molar-refractivity contribution >= 4 is 11.9 Å². The second-order valence-electron chi connectivity index (χ2n) is 5.20. The van der Waals surface area contributed by atoms with Gasteiger partial charge in [0.1, 0.15) is 0 Å². The molecule has 2 saturated carbocycles. The molecule has 3 rings (SSSR count). The summed E-state index contributed by atoms with van der Waals surface area (Å²) in [4.78, 5) is 22.8. The summed E-state index contributed by atoms with van der Waals surface area (Å²) in [6.07, 6.45) is 3.47. The van der Waals surface area contributed by atoms with Gasteiger partial charge in [0.15, 0.2) is 0 Å². The molecular weight excluding hydrogens is 180 g/mol. The minimum atomic E-state index is -0.395. The van der Waals surface area contributed by atoms with Crippen LogP contribution in [0.1, 0.15) is 32.6 Å². The molecule has 3 fully saturated rings. The zero-order chi connectivity index (χ0) is 9.92. The van der Waals surface area contributed by atoms with Crippen LogP contribution in [0.5, 0.6) is 0 Å². The molecule has 3 nitrogen and oxygen atoms in total. The van der Waals surface area contributed by atoms with Crippen LogP contribution < -0.4 is 0 Å². The standard InChI is InChI=1S/C11H14O3/c1-6-2-8-3-7(6)4-11(8)5-9(12)14-10(11)13/h6-8H,2-5H2,1H3. The number of cyclic esters (lactones) is 2. The maximum Gasteiger partial charge on any atom is 0.320 e. The van der Waals surface area contributed by atoms with Crippen LogP contribution in [-0.4, -0.2) is 11.9 Å². The van der Waals surface area contributed by atoms with E-state index in [0.29, 0.717) is 18.3 Å². The Labute approximate surface area is 82.8 Å². The van der Waals surface area contributed by atoms with Gasteiger partial charge in [-0.2, -0.15) is 0 Å². The predicted molar refractivity (Wildman–Crippen MR) is 48.1 cm³/mol. The Hall–Kier alpha value is -0.860. The van der Waals surface area contributed by atoms with Crippen LogP contribution in [0, 0.1) is 23.2 Å². The van der Waals surface area contributed by atoms with Gasteiger partial charge in [0.2, 0.25) is 0 Å². The van der Waals surface area contributed by atoms with Crippen molar-refractivity contribution in [1.82, 2.24) is 0 Å². The maximum absolute atomic E-state index is 11.7. The lowest BCUT2D eigenvalue weighted by Crippen LogP contribution is -2.34. The van der Waals surface area contributed by atoms with E-state index in [0.717, 1.165) is 25.2 Å². The Morgan fingerprint density at radius 2 is 2.14 bits per heavy atom. The molecule has 1 aliphatic heterocycles. The minimum absolute atomic E-state index is 0.234. The van der Waals surface area contributed by atoms with Crippen LogP contribution in [0.15, 0.2) is 0 Å². The Kier molecular flexibility index (Phi) is 1.44. The number of carbonyl (C=O) groups is 2. The number of esters is 2. The molecule has 1 spiro atoms. The normalized spacial score (nSPS) is 50.5. The molecule has 4 atom stereocenters. The summed E-state index contributed by atoms with van der Waals surface area (Å²) in [6, 6.07) is 0. The van der Waals surface area contributed by atoms with Gasteiger partial charge in [0.05, 0.1) is 11.8 Å². The van der Waals surface area contributed by atoms with Crippen molar-refractivity contribution in [2.75, 3.05) is 0 Å². The van der Waals surface area contributed by atoms with E-state index in [-0.39, 0.29) is 11.9 Å². The molecular formula is C11H14O3. The van der Waals surface area contributed by atoms with E-state index in [4.69, 9.17) is 4.74 Å². The van der Waals surface area contributed by atoms with Gasteiger partial charge in [-0.25, -0.2) is 0 Å². The van der Waals surface area contributed by atoms with Crippen LogP contribution in [-0.2, 0) is 14.3 Å². The summed E-state index contributed by atoms with van der Waals surface area (Å²) < 4.78 is 4.71. The fourth-order valence-electron chi connectivity index (χ4n) is 3.74. The van der Waals surface area contributed by atoms with E-state index in [9.17, 15) is 9.59 Å². The second kappa shape index (κ2) is 2.38. The fraction of sp³-hybridized carbons (Fsp3) is 0.818. The minimum Gasteiger partial charge on any atom is -0.393 e. The Bertz CT molecular complexity index is 320. The van der Waals surface area contributed by atoms with Gasteiger partial charge in [0, 0.05) is 0 Å². The fourth-order valence-corrected chi connectivity index (χ4v) is 3.74. The third kappa shape index (κ3) is 0.830. The largest absolute Gasteiger partial charge is 0.393 e. The van der Waals surface area contributed by atoms with Gasteiger partial charge >= 0.3 is 11.9 Å². The number of hydrogen-bond acceptors (Lipinski definition) is 3. The van der Waals surface area contributed by atoms with Crippen molar-refractivity contribution in [1.29, 1.82) is 0 Å². The molecule has 0 amide bonds. The molecule has 14 heavy (non-hydrogen) atoms. The maximum atomic E-state index is 11.7. The predicted octanol–water partition coefficient (Wildman–Crippen LogP) is 1.51. The Morgan fingerprint density at radius 3 is 2.57 bits per heavy atom. The zero-order valence-electron chi connectivity index (χ0n) is 8.29. The van der Waals surface area contributed by atoms with E-state index in [1.165, 1.54) is 0 Å². The zero-order valence-corrected chi connectivity index (χ0v) is 8.29. The summed E-state index contributed by atoms with van der Waals surface area (Å²) in [7, 11) is 0. The highest BCUT2D eigenvalue weighted by molar-refractivity contribution is 5.98. The first kappa shape index (κ1) is 8.45. The van der Waals surface area contributed by atoms with Crippen LogP contribution in [0.2, 0.25) is 0 Å². The van der Waals surface area contributed by atoms with Crippen LogP contribution in [0.4, 0.5) is 0 Å². The molecule has 2 bridgehead atoms. The topological polar surface area (TPSA) is 43.4 Å². The van der Waals surface area contributed by atoms with E-state index in [2.05, 4.69) is 6.92 Å². The highest BCUT2D eigenvalue weighted by atomic mass is 16.6. The highest BCUT2D eigenvalue weighted by Crippen LogP contribution is 2.61. The van der Waals surface area contributed by atoms with Gasteiger partial charge in [0.25, 0.3) is 0 Å². The third-order valence-electron chi connectivity index (χ3n) is 4.53. The molecule has 3 heteroatoms. The molecule has 0 aromatic heterocycles. The van der Waals surface area contributed by atoms with Gasteiger partial charge < -0.3 is 4.74 Å². The first-order valence-electron chi connectivity index (χ1n) is 5.37. The molecule has 0 N–H and O–H groups in total. The molecule has 0 aromatic rings. The summed E-state index contributed by atoms with van der Waals surface area (Å²) in [5, 5.41) is 0. The van der Waals surface area contributed by atoms with E-state index >= 15 is 0 Å². The average Bonchev–Trinajstić information content (AvgIpc) is 2.67. The van der Waals surface area contributed by atoms with Gasteiger partial charge in [-0.05, 0) is 37.0 Å². The van der Waals surface area contributed by atoms with Crippen molar-refractivity contribution in [2.24, 2.45) is 23.2 Å².